The second kappa shape index (κ2) is 4.89. The summed E-state index contributed by atoms with van der Waals surface area (Å²) in [4.78, 5) is 18.8. The fraction of sp³-hybridized carbons (Fsp3) is 0.286. The van der Waals surface area contributed by atoms with E-state index in [1.54, 1.807) is 6.07 Å². The van der Waals surface area contributed by atoms with Gasteiger partial charge >= 0.3 is 0 Å². The van der Waals surface area contributed by atoms with Crippen molar-refractivity contribution >= 4 is 15.9 Å². The average Bonchev–Trinajstić information content (AvgIpc) is 2.30. The van der Waals surface area contributed by atoms with Gasteiger partial charge in [-0.1, -0.05) is 36.7 Å². The highest BCUT2D eigenvalue weighted by Gasteiger charge is 2.18. The van der Waals surface area contributed by atoms with Gasteiger partial charge in [-0.2, -0.15) is 0 Å². The Bertz CT molecular complexity index is 674. The van der Waals surface area contributed by atoms with Gasteiger partial charge in [0.2, 0.25) is 0 Å². The molecular formula is C14H14BrFN2O. The molecule has 2 rings (SSSR count). The number of nitrogens with zero attached hydrogens (tertiary/aromatic N) is 1. The van der Waals surface area contributed by atoms with Gasteiger partial charge in [-0.3, -0.25) is 4.79 Å². The zero-order chi connectivity index (χ0) is 14.2. The van der Waals surface area contributed by atoms with Crippen LogP contribution in [0.4, 0.5) is 4.39 Å². The number of hydrogen-bond donors (Lipinski definition) is 1. The Morgan fingerprint density at radius 2 is 1.95 bits per heavy atom. The molecule has 0 bridgehead atoms. The first-order chi connectivity index (χ1) is 8.77. The maximum Gasteiger partial charge on any atom is 0.251 e. The summed E-state index contributed by atoms with van der Waals surface area (Å²) in [5.74, 6) is -0.00851. The molecule has 0 aliphatic heterocycles. The van der Waals surface area contributed by atoms with Crippen LogP contribution in [0, 0.1) is 5.82 Å². The third-order valence-corrected chi connectivity index (χ3v) is 3.39. The first kappa shape index (κ1) is 13.9. The second-order valence-electron chi connectivity index (χ2n) is 5.35. The molecule has 0 saturated carbocycles. The molecule has 0 atom stereocenters. The van der Waals surface area contributed by atoms with Crippen molar-refractivity contribution in [1.82, 2.24) is 9.97 Å². The minimum absolute atomic E-state index is 0.244. The van der Waals surface area contributed by atoms with Crippen molar-refractivity contribution in [2.24, 2.45) is 0 Å². The lowest BCUT2D eigenvalue weighted by Gasteiger charge is -2.18. The summed E-state index contributed by atoms with van der Waals surface area (Å²) in [5.41, 5.74) is 0.708. The van der Waals surface area contributed by atoms with Crippen LogP contribution < -0.4 is 5.56 Å². The summed E-state index contributed by atoms with van der Waals surface area (Å²) in [6.45, 7) is 5.91. The molecule has 2 aromatic rings. The normalized spacial score (nSPS) is 11.6. The van der Waals surface area contributed by atoms with Gasteiger partial charge in [0.05, 0.1) is 5.69 Å². The summed E-state index contributed by atoms with van der Waals surface area (Å²) in [6.07, 6.45) is 0. The number of hydrogen-bond acceptors (Lipinski definition) is 2. The summed E-state index contributed by atoms with van der Waals surface area (Å²) in [7, 11) is 0. The van der Waals surface area contributed by atoms with Gasteiger partial charge in [0.1, 0.15) is 11.6 Å². The Kier molecular flexibility index (Phi) is 3.58. The third-order valence-electron chi connectivity index (χ3n) is 2.69. The second-order valence-corrected chi connectivity index (χ2v) is 6.21. The minimum atomic E-state index is -0.373. The molecule has 0 radical (unpaired) electrons. The van der Waals surface area contributed by atoms with Crippen molar-refractivity contribution in [3.63, 3.8) is 0 Å². The number of rotatable bonds is 1. The summed E-state index contributed by atoms with van der Waals surface area (Å²) >= 11 is 3.34. The van der Waals surface area contributed by atoms with Crippen LogP contribution >= 0.6 is 15.9 Å². The Labute approximate surface area is 119 Å². The van der Waals surface area contributed by atoms with Gasteiger partial charge in [-0.15, -0.1) is 0 Å². The predicted molar refractivity (Wildman–Crippen MR) is 76.7 cm³/mol. The molecule has 0 saturated heterocycles. The van der Waals surface area contributed by atoms with E-state index < -0.39 is 0 Å². The average molecular weight is 325 g/mol. The quantitative estimate of drug-likeness (QED) is 0.870. The van der Waals surface area contributed by atoms with Crippen molar-refractivity contribution in [2.75, 3.05) is 0 Å². The Hall–Kier alpha value is -1.49. The number of nitrogens with one attached hydrogen (secondary N) is 1. The zero-order valence-electron chi connectivity index (χ0n) is 10.9. The third kappa shape index (κ3) is 3.10. The van der Waals surface area contributed by atoms with E-state index in [1.165, 1.54) is 18.2 Å². The Morgan fingerprint density at radius 1 is 1.26 bits per heavy atom. The molecule has 0 amide bonds. The predicted octanol–water partition coefficient (Wildman–Crippen LogP) is 3.64. The lowest BCUT2D eigenvalue weighted by Crippen LogP contribution is -2.20. The number of benzene rings is 1. The fourth-order valence-corrected chi connectivity index (χ4v) is 2.08. The largest absolute Gasteiger partial charge is 0.306 e. The molecule has 19 heavy (non-hydrogen) atoms. The minimum Gasteiger partial charge on any atom is -0.306 e. The maximum absolute atomic E-state index is 13.3. The van der Waals surface area contributed by atoms with Crippen molar-refractivity contribution in [3.8, 4) is 11.4 Å². The Morgan fingerprint density at radius 3 is 2.58 bits per heavy atom. The van der Waals surface area contributed by atoms with Crippen molar-refractivity contribution in [3.05, 3.63) is 50.6 Å². The topological polar surface area (TPSA) is 45.8 Å². The van der Waals surface area contributed by atoms with Gasteiger partial charge in [0, 0.05) is 21.5 Å². The van der Waals surface area contributed by atoms with Gasteiger partial charge in [0.25, 0.3) is 5.56 Å². The molecule has 0 unspecified atom stereocenters. The van der Waals surface area contributed by atoms with E-state index >= 15 is 0 Å². The molecule has 3 nitrogen and oxygen atoms in total. The van der Waals surface area contributed by atoms with Crippen LogP contribution in [-0.2, 0) is 5.41 Å². The monoisotopic (exact) mass is 324 g/mol. The molecule has 0 fully saturated rings. The maximum atomic E-state index is 13.3. The van der Waals surface area contributed by atoms with Crippen LogP contribution in [0.2, 0.25) is 0 Å². The number of aromatic amines is 1. The Balaban J connectivity index is 2.66. The zero-order valence-corrected chi connectivity index (χ0v) is 12.5. The van der Waals surface area contributed by atoms with Gasteiger partial charge in [-0.25, -0.2) is 9.37 Å². The van der Waals surface area contributed by atoms with E-state index in [0.717, 1.165) is 0 Å². The molecule has 0 aliphatic carbocycles. The van der Waals surface area contributed by atoms with Crippen LogP contribution in [0.5, 0.6) is 0 Å². The molecular weight excluding hydrogens is 311 g/mol. The van der Waals surface area contributed by atoms with Gasteiger partial charge in [0.15, 0.2) is 0 Å². The summed E-state index contributed by atoms with van der Waals surface area (Å²) in [5, 5.41) is 0. The van der Waals surface area contributed by atoms with E-state index in [4.69, 9.17) is 0 Å². The van der Waals surface area contributed by atoms with Crippen LogP contribution in [0.3, 0.4) is 0 Å². The number of H-pyrrole nitrogens is 1. The fourth-order valence-electron chi connectivity index (χ4n) is 1.65. The van der Waals surface area contributed by atoms with Crippen molar-refractivity contribution in [1.29, 1.82) is 0 Å². The molecule has 100 valence electrons. The summed E-state index contributed by atoms with van der Waals surface area (Å²) in [6, 6.07) is 5.75. The molecule has 0 aliphatic rings. The first-order valence-electron chi connectivity index (χ1n) is 5.84. The van der Waals surface area contributed by atoms with E-state index in [1.807, 2.05) is 20.8 Å². The SMILES string of the molecule is CC(C)(C)c1cc(=O)[nH]c(-c2cc(F)ccc2Br)n1. The smallest absolute Gasteiger partial charge is 0.251 e. The molecule has 5 heteroatoms. The number of aromatic nitrogens is 2. The van der Waals surface area contributed by atoms with E-state index in [9.17, 15) is 9.18 Å². The van der Waals surface area contributed by atoms with E-state index in [-0.39, 0.29) is 16.8 Å². The highest BCUT2D eigenvalue weighted by atomic mass is 79.9. The van der Waals surface area contributed by atoms with Crippen LogP contribution in [0.1, 0.15) is 26.5 Å². The first-order valence-corrected chi connectivity index (χ1v) is 6.64. The van der Waals surface area contributed by atoms with E-state index in [0.29, 0.717) is 21.6 Å². The van der Waals surface area contributed by atoms with Crippen molar-refractivity contribution in [2.45, 2.75) is 26.2 Å². The van der Waals surface area contributed by atoms with Crippen LogP contribution in [0.15, 0.2) is 33.5 Å². The van der Waals surface area contributed by atoms with Gasteiger partial charge in [-0.05, 0) is 18.2 Å². The highest BCUT2D eigenvalue weighted by Crippen LogP contribution is 2.27. The number of halogens is 2. The highest BCUT2D eigenvalue weighted by molar-refractivity contribution is 9.10. The van der Waals surface area contributed by atoms with Crippen molar-refractivity contribution < 1.29 is 4.39 Å². The van der Waals surface area contributed by atoms with Crippen LogP contribution in [0.25, 0.3) is 11.4 Å². The molecule has 1 aromatic carbocycles. The molecule has 1 N–H and O–H groups in total. The lowest BCUT2D eigenvalue weighted by atomic mass is 9.92. The van der Waals surface area contributed by atoms with E-state index in [2.05, 4.69) is 25.9 Å². The lowest BCUT2D eigenvalue weighted by molar-refractivity contribution is 0.566. The molecule has 0 spiro atoms. The standard InChI is InChI=1S/C14H14BrFN2O/c1-14(2,3)11-7-12(19)18-13(17-11)9-6-8(16)4-5-10(9)15/h4-7H,1-3H3,(H,17,18,19). The summed E-state index contributed by atoms with van der Waals surface area (Å²) < 4.78 is 14.0. The van der Waals surface area contributed by atoms with Crippen LogP contribution in [-0.4, -0.2) is 9.97 Å². The molecule has 1 aromatic heterocycles. The van der Waals surface area contributed by atoms with Gasteiger partial charge < -0.3 is 4.98 Å². The molecule has 1 heterocycles.